The van der Waals surface area contributed by atoms with E-state index in [0.29, 0.717) is 11.4 Å². The Hall–Kier alpha value is -3.05. The molecule has 0 N–H and O–H groups in total. The molecule has 0 saturated carbocycles. The van der Waals surface area contributed by atoms with E-state index in [4.69, 9.17) is 10.00 Å². The van der Waals surface area contributed by atoms with Crippen LogP contribution in [0, 0.1) is 29.9 Å². The Morgan fingerprint density at radius 1 is 1.21 bits per heavy atom. The first-order valence-electron chi connectivity index (χ1n) is 8.21. The average Bonchev–Trinajstić information content (AvgIpc) is 2.68. The van der Waals surface area contributed by atoms with E-state index in [0.717, 1.165) is 17.7 Å². The number of nitriles is 1. The van der Waals surface area contributed by atoms with Gasteiger partial charge in [-0.1, -0.05) is 12.1 Å². The molecular weight excluding hydrogens is 432 g/mol. The monoisotopic (exact) mass is 445 g/mol. The molecule has 0 radical (unpaired) electrons. The number of ether oxygens (including phenoxy) is 1. The third-order valence-electron chi connectivity index (χ3n) is 4.08. The van der Waals surface area contributed by atoms with E-state index in [1.165, 1.54) is 10.6 Å². The van der Waals surface area contributed by atoms with E-state index < -0.39 is 11.6 Å². The summed E-state index contributed by atoms with van der Waals surface area (Å²) in [4.78, 5) is 17.0. The van der Waals surface area contributed by atoms with Gasteiger partial charge in [0.15, 0.2) is 0 Å². The second kappa shape index (κ2) is 8.31. The Kier molecular flexibility index (Phi) is 5.85. The van der Waals surface area contributed by atoms with Gasteiger partial charge in [0.25, 0.3) is 5.56 Å². The molecule has 0 bridgehead atoms. The molecule has 142 valence electrons. The van der Waals surface area contributed by atoms with Gasteiger partial charge in [-0.25, -0.2) is 8.78 Å². The molecule has 5 nitrogen and oxygen atoms in total. The summed E-state index contributed by atoms with van der Waals surface area (Å²) in [7, 11) is 0. The van der Waals surface area contributed by atoms with Crippen LogP contribution in [0.1, 0.15) is 22.5 Å². The van der Waals surface area contributed by atoms with Gasteiger partial charge in [-0.3, -0.25) is 9.36 Å². The Morgan fingerprint density at radius 3 is 2.57 bits per heavy atom. The Labute approximate surface area is 168 Å². The van der Waals surface area contributed by atoms with E-state index in [1.807, 2.05) is 6.07 Å². The van der Waals surface area contributed by atoms with Crippen molar-refractivity contribution in [1.29, 1.82) is 5.26 Å². The van der Waals surface area contributed by atoms with E-state index in [1.54, 1.807) is 31.2 Å². The van der Waals surface area contributed by atoms with E-state index in [-0.39, 0.29) is 34.6 Å². The fraction of sp³-hybridized carbons (Fsp3) is 0.150. The van der Waals surface area contributed by atoms with Crippen LogP contribution in [-0.4, -0.2) is 9.55 Å². The molecule has 1 aromatic heterocycles. The lowest BCUT2D eigenvalue weighted by atomic mass is 10.1. The highest BCUT2D eigenvalue weighted by atomic mass is 79.9. The van der Waals surface area contributed by atoms with Crippen molar-refractivity contribution in [2.45, 2.75) is 20.1 Å². The maximum atomic E-state index is 13.7. The first-order valence-corrected chi connectivity index (χ1v) is 9.01. The van der Waals surface area contributed by atoms with Crippen LogP contribution in [0.5, 0.6) is 5.88 Å². The molecule has 0 aliphatic rings. The molecule has 0 aliphatic carbocycles. The van der Waals surface area contributed by atoms with Gasteiger partial charge in [0, 0.05) is 11.6 Å². The minimum Gasteiger partial charge on any atom is -0.472 e. The first-order chi connectivity index (χ1) is 13.4. The van der Waals surface area contributed by atoms with E-state index >= 15 is 0 Å². The lowest BCUT2D eigenvalue weighted by molar-refractivity contribution is 0.282. The number of rotatable bonds is 5. The minimum absolute atomic E-state index is 0.0299. The van der Waals surface area contributed by atoms with Crippen molar-refractivity contribution < 1.29 is 13.5 Å². The SMILES string of the molecule is Cc1nc(OCc2ccc(F)cc2F)c(Br)c(=O)n1Cc1ccc(C#N)cc1. The van der Waals surface area contributed by atoms with Gasteiger partial charge in [0.05, 0.1) is 18.2 Å². The number of aryl methyl sites for hydroxylation is 1. The number of nitrogens with zero attached hydrogens (tertiary/aromatic N) is 3. The largest absolute Gasteiger partial charge is 0.472 e. The molecular formula is C20H14BrF2N3O2. The maximum Gasteiger partial charge on any atom is 0.272 e. The highest BCUT2D eigenvalue weighted by Gasteiger charge is 2.15. The Balaban J connectivity index is 1.83. The van der Waals surface area contributed by atoms with Crippen LogP contribution >= 0.6 is 15.9 Å². The second-order valence-corrected chi connectivity index (χ2v) is 6.80. The summed E-state index contributed by atoms with van der Waals surface area (Å²) in [5, 5.41) is 8.86. The third kappa shape index (κ3) is 4.26. The summed E-state index contributed by atoms with van der Waals surface area (Å²) in [5.41, 5.74) is 1.16. The smallest absolute Gasteiger partial charge is 0.272 e. The topological polar surface area (TPSA) is 67.9 Å². The fourth-order valence-corrected chi connectivity index (χ4v) is 2.96. The maximum absolute atomic E-state index is 13.7. The number of benzene rings is 2. The minimum atomic E-state index is -0.734. The molecule has 1 heterocycles. The summed E-state index contributed by atoms with van der Waals surface area (Å²) < 4.78 is 33.8. The summed E-state index contributed by atoms with van der Waals surface area (Å²) in [6.07, 6.45) is 0. The molecule has 0 atom stereocenters. The molecule has 0 saturated heterocycles. The molecule has 8 heteroatoms. The average molecular weight is 446 g/mol. The zero-order valence-corrected chi connectivity index (χ0v) is 16.3. The van der Waals surface area contributed by atoms with Crippen molar-refractivity contribution in [1.82, 2.24) is 9.55 Å². The molecule has 0 unspecified atom stereocenters. The summed E-state index contributed by atoms with van der Waals surface area (Å²) in [6, 6.07) is 12.1. The van der Waals surface area contributed by atoms with Crippen molar-refractivity contribution >= 4 is 15.9 Å². The molecule has 3 aromatic rings. The number of hydrogen-bond acceptors (Lipinski definition) is 4. The summed E-state index contributed by atoms with van der Waals surface area (Å²) >= 11 is 3.19. The molecule has 0 amide bonds. The lowest BCUT2D eigenvalue weighted by Crippen LogP contribution is -2.25. The van der Waals surface area contributed by atoms with Crippen LogP contribution < -0.4 is 10.3 Å². The van der Waals surface area contributed by atoms with Crippen molar-refractivity contribution in [3.8, 4) is 11.9 Å². The van der Waals surface area contributed by atoms with Gasteiger partial charge in [-0.15, -0.1) is 0 Å². The molecule has 0 aliphatic heterocycles. The molecule has 0 fully saturated rings. The van der Waals surface area contributed by atoms with Crippen LogP contribution in [0.2, 0.25) is 0 Å². The Morgan fingerprint density at radius 2 is 1.93 bits per heavy atom. The van der Waals surface area contributed by atoms with Crippen LogP contribution in [0.3, 0.4) is 0 Å². The lowest BCUT2D eigenvalue weighted by Gasteiger charge is -2.14. The van der Waals surface area contributed by atoms with Crippen molar-refractivity contribution in [2.24, 2.45) is 0 Å². The molecule has 3 rings (SSSR count). The second-order valence-electron chi connectivity index (χ2n) is 6.00. The van der Waals surface area contributed by atoms with Crippen LogP contribution in [0.4, 0.5) is 8.78 Å². The van der Waals surface area contributed by atoms with E-state index in [9.17, 15) is 13.6 Å². The summed E-state index contributed by atoms with van der Waals surface area (Å²) in [5.74, 6) is -0.974. The molecule has 2 aromatic carbocycles. The predicted molar refractivity (Wildman–Crippen MR) is 102 cm³/mol. The summed E-state index contributed by atoms with van der Waals surface area (Å²) in [6.45, 7) is 1.73. The molecule has 28 heavy (non-hydrogen) atoms. The molecule has 0 spiro atoms. The fourth-order valence-electron chi connectivity index (χ4n) is 2.55. The van der Waals surface area contributed by atoms with Gasteiger partial charge in [0.1, 0.15) is 28.5 Å². The third-order valence-corrected chi connectivity index (χ3v) is 4.76. The highest BCUT2D eigenvalue weighted by molar-refractivity contribution is 9.10. The van der Waals surface area contributed by atoms with Crippen molar-refractivity contribution in [2.75, 3.05) is 0 Å². The number of aromatic nitrogens is 2. The normalized spacial score (nSPS) is 10.5. The van der Waals surface area contributed by atoms with Crippen LogP contribution in [0.25, 0.3) is 0 Å². The quantitative estimate of drug-likeness (QED) is 0.592. The van der Waals surface area contributed by atoms with Gasteiger partial charge < -0.3 is 4.74 Å². The zero-order chi connectivity index (χ0) is 20.3. The highest BCUT2D eigenvalue weighted by Crippen LogP contribution is 2.21. The van der Waals surface area contributed by atoms with Crippen LogP contribution in [0.15, 0.2) is 51.7 Å². The zero-order valence-electron chi connectivity index (χ0n) is 14.7. The van der Waals surface area contributed by atoms with Crippen LogP contribution in [-0.2, 0) is 13.2 Å². The van der Waals surface area contributed by atoms with Gasteiger partial charge >= 0.3 is 0 Å². The van der Waals surface area contributed by atoms with Crippen molar-refractivity contribution in [3.63, 3.8) is 0 Å². The van der Waals surface area contributed by atoms with Gasteiger partial charge in [-0.05, 0) is 52.7 Å². The first kappa shape index (κ1) is 19.7. The van der Waals surface area contributed by atoms with Crippen molar-refractivity contribution in [3.05, 3.63) is 91.4 Å². The Bertz CT molecular complexity index is 1120. The number of halogens is 3. The van der Waals surface area contributed by atoms with E-state index in [2.05, 4.69) is 20.9 Å². The number of hydrogen-bond donors (Lipinski definition) is 0. The predicted octanol–water partition coefficient (Wildman–Crippen LogP) is 4.09. The standard InChI is InChI=1S/C20H14BrF2N3O2/c1-12-25-19(28-11-15-6-7-16(22)8-17(15)23)18(21)20(27)26(12)10-14-4-2-13(9-24)3-5-14/h2-8H,10-11H2,1H3. The van der Waals surface area contributed by atoms with Gasteiger partial charge in [0.2, 0.25) is 5.88 Å². The van der Waals surface area contributed by atoms with Gasteiger partial charge in [-0.2, -0.15) is 10.2 Å².